The van der Waals surface area contributed by atoms with Crippen LogP contribution in [0.1, 0.15) is 10.4 Å². The van der Waals surface area contributed by atoms with Crippen molar-refractivity contribution in [2.45, 2.75) is 12.8 Å². The van der Waals surface area contributed by atoms with Gasteiger partial charge in [0, 0.05) is 20.8 Å². The molecule has 0 radical (unpaired) electrons. The fraction of sp³-hybridized carbons (Fsp3) is 0.200. The Hall–Kier alpha value is -0.240. The van der Waals surface area contributed by atoms with Gasteiger partial charge in [0.2, 0.25) is 0 Å². The van der Waals surface area contributed by atoms with Crippen LogP contribution in [-0.2, 0) is 5.88 Å². The largest absolute Gasteiger partial charge is 0.139 e. The third kappa shape index (κ3) is 1.45. The zero-order valence-electron chi connectivity index (χ0n) is 7.10. The first-order valence-electron chi connectivity index (χ1n) is 3.96. The summed E-state index contributed by atoms with van der Waals surface area (Å²) < 4.78 is 1.22. The molecule has 0 nitrogen and oxygen atoms in total. The number of benzene rings is 1. The van der Waals surface area contributed by atoms with Crippen molar-refractivity contribution in [1.82, 2.24) is 0 Å². The van der Waals surface area contributed by atoms with Gasteiger partial charge in [-0.05, 0) is 18.6 Å². The molecule has 0 aliphatic heterocycles. The lowest BCUT2D eigenvalue weighted by atomic mass is 10.1. The van der Waals surface area contributed by atoms with Gasteiger partial charge in [-0.1, -0.05) is 23.7 Å². The van der Waals surface area contributed by atoms with Gasteiger partial charge in [0.05, 0.1) is 5.02 Å². The van der Waals surface area contributed by atoms with Gasteiger partial charge in [0.15, 0.2) is 0 Å². The molecule has 0 spiro atoms. The third-order valence-corrected chi connectivity index (χ3v) is 3.99. The second-order valence-corrected chi connectivity index (χ2v) is 4.80. The number of thiophene rings is 1. The van der Waals surface area contributed by atoms with Crippen LogP contribution in [0.3, 0.4) is 0 Å². The van der Waals surface area contributed by atoms with Crippen LogP contribution in [0.25, 0.3) is 10.1 Å². The maximum absolute atomic E-state index is 6.18. The monoisotopic (exact) mass is 230 g/mol. The Morgan fingerprint density at radius 2 is 2.15 bits per heavy atom. The molecule has 1 aromatic carbocycles. The lowest BCUT2D eigenvalue weighted by Crippen LogP contribution is -1.77. The van der Waals surface area contributed by atoms with Crippen molar-refractivity contribution < 1.29 is 0 Å². The molecule has 0 amide bonds. The van der Waals surface area contributed by atoms with Crippen LogP contribution < -0.4 is 0 Å². The average molecular weight is 231 g/mol. The molecule has 0 atom stereocenters. The van der Waals surface area contributed by atoms with Crippen LogP contribution in [0.5, 0.6) is 0 Å². The summed E-state index contributed by atoms with van der Waals surface area (Å²) in [4.78, 5) is 1.16. The van der Waals surface area contributed by atoms with Crippen molar-refractivity contribution in [3.8, 4) is 0 Å². The molecule has 68 valence electrons. The fourth-order valence-corrected chi connectivity index (χ4v) is 3.03. The molecule has 0 saturated heterocycles. The van der Waals surface area contributed by atoms with E-state index >= 15 is 0 Å². The van der Waals surface area contributed by atoms with E-state index in [0.29, 0.717) is 5.88 Å². The normalized spacial score (nSPS) is 11.0. The van der Waals surface area contributed by atoms with Crippen LogP contribution in [0.2, 0.25) is 5.02 Å². The van der Waals surface area contributed by atoms with Crippen LogP contribution in [-0.4, -0.2) is 0 Å². The summed E-state index contributed by atoms with van der Waals surface area (Å²) in [5.41, 5.74) is 1.12. The molecular formula is C10H8Cl2S. The van der Waals surface area contributed by atoms with Crippen molar-refractivity contribution >= 4 is 44.6 Å². The van der Waals surface area contributed by atoms with E-state index in [0.717, 1.165) is 20.8 Å². The molecule has 0 aliphatic carbocycles. The Morgan fingerprint density at radius 1 is 1.38 bits per heavy atom. The zero-order valence-corrected chi connectivity index (χ0v) is 9.43. The fourth-order valence-electron chi connectivity index (χ4n) is 1.41. The second kappa shape index (κ2) is 3.49. The van der Waals surface area contributed by atoms with Gasteiger partial charge in [-0.15, -0.1) is 22.9 Å². The highest BCUT2D eigenvalue weighted by Crippen LogP contribution is 2.37. The number of halogens is 2. The van der Waals surface area contributed by atoms with Gasteiger partial charge in [-0.3, -0.25) is 0 Å². The van der Waals surface area contributed by atoms with Crippen LogP contribution in [0.4, 0.5) is 0 Å². The molecule has 1 heterocycles. The van der Waals surface area contributed by atoms with Crippen molar-refractivity contribution in [3.63, 3.8) is 0 Å². The Morgan fingerprint density at radius 3 is 2.85 bits per heavy atom. The molecule has 0 bridgehead atoms. The maximum Gasteiger partial charge on any atom is 0.0624 e. The van der Waals surface area contributed by atoms with E-state index in [-0.39, 0.29) is 0 Å². The van der Waals surface area contributed by atoms with Gasteiger partial charge >= 0.3 is 0 Å². The van der Waals surface area contributed by atoms with Gasteiger partial charge in [-0.2, -0.15) is 0 Å². The summed E-state index contributed by atoms with van der Waals surface area (Å²) in [7, 11) is 0. The predicted molar refractivity (Wildman–Crippen MR) is 61.1 cm³/mol. The highest BCUT2D eigenvalue weighted by Gasteiger charge is 2.09. The predicted octanol–water partition coefficient (Wildman–Crippen LogP) is 4.60. The highest BCUT2D eigenvalue weighted by atomic mass is 35.5. The van der Waals surface area contributed by atoms with Gasteiger partial charge < -0.3 is 0 Å². The molecule has 2 rings (SSSR count). The molecule has 2 aromatic rings. The van der Waals surface area contributed by atoms with Crippen LogP contribution in [0, 0.1) is 6.92 Å². The Balaban J connectivity index is 2.87. The summed E-state index contributed by atoms with van der Waals surface area (Å²) >= 11 is 13.7. The van der Waals surface area contributed by atoms with Crippen molar-refractivity contribution in [1.29, 1.82) is 0 Å². The summed E-state index contributed by atoms with van der Waals surface area (Å²) in [5, 5.41) is 1.98. The summed E-state index contributed by atoms with van der Waals surface area (Å²) in [6, 6.07) is 6.12. The van der Waals surface area contributed by atoms with Crippen molar-refractivity contribution in [2.75, 3.05) is 0 Å². The lowest BCUT2D eigenvalue weighted by molar-refractivity contribution is 1.46. The first kappa shape index (κ1) is 9.32. The summed E-state index contributed by atoms with van der Waals surface area (Å²) in [6.07, 6.45) is 0. The number of alkyl halides is 1. The topological polar surface area (TPSA) is 0 Å². The van der Waals surface area contributed by atoms with Gasteiger partial charge in [0.1, 0.15) is 0 Å². The SMILES string of the molecule is Cc1sc2cccc(CCl)c2c1Cl. The Kier molecular flexibility index (Phi) is 2.50. The van der Waals surface area contributed by atoms with E-state index in [9.17, 15) is 0 Å². The molecule has 3 heteroatoms. The number of hydrogen-bond donors (Lipinski definition) is 0. The van der Waals surface area contributed by atoms with Crippen molar-refractivity contribution in [2.24, 2.45) is 0 Å². The summed E-state index contributed by atoms with van der Waals surface area (Å²) in [6.45, 7) is 2.03. The molecule has 0 saturated carbocycles. The first-order valence-corrected chi connectivity index (χ1v) is 5.69. The van der Waals surface area contributed by atoms with E-state index in [2.05, 4.69) is 6.07 Å². The molecule has 0 fully saturated rings. The van der Waals surface area contributed by atoms with Crippen LogP contribution >= 0.6 is 34.5 Å². The van der Waals surface area contributed by atoms with E-state index in [1.54, 1.807) is 11.3 Å². The lowest BCUT2D eigenvalue weighted by Gasteiger charge is -1.97. The van der Waals surface area contributed by atoms with E-state index < -0.39 is 0 Å². The molecule has 0 unspecified atom stereocenters. The zero-order chi connectivity index (χ0) is 9.42. The minimum Gasteiger partial charge on any atom is -0.139 e. The Bertz CT molecular complexity index is 445. The third-order valence-electron chi connectivity index (χ3n) is 2.05. The van der Waals surface area contributed by atoms with Crippen molar-refractivity contribution in [3.05, 3.63) is 33.7 Å². The molecular weight excluding hydrogens is 223 g/mol. The smallest absolute Gasteiger partial charge is 0.0624 e. The Labute approximate surface area is 91.1 Å². The van der Waals surface area contributed by atoms with Gasteiger partial charge in [0.25, 0.3) is 0 Å². The number of fused-ring (bicyclic) bond motifs is 1. The quantitative estimate of drug-likeness (QED) is 0.629. The number of aryl methyl sites for hydroxylation is 1. The first-order chi connectivity index (χ1) is 6.24. The minimum atomic E-state index is 0.521. The standard InChI is InChI=1S/C10H8Cl2S/c1-6-10(12)9-7(5-11)3-2-4-8(9)13-6/h2-4H,5H2,1H3. The summed E-state index contributed by atoms with van der Waals surface area (Å²) in [5.74, 6) is 0.521. The molecule has 1 aromatic heterocycles. The minimum absolute atomic E-state index is 0.521. The number of rotatable bonds is 1. The maximum atomic E-state index is 6.18. The van der Waals surface area contributed by atoms with E-state index in [1.165, 1.54) is 4.70 Å². The number of hydrogen-bond acceptors (Lipinski definition) is 1. The molecule has 0 N–H and O–H groups in total. The molecule has 0 aliphatic rings. The second-order valence-electron chi connectivity index (χ2n) is 2.90. The van der Waals surface area contributed by atoms with E-state index in [4.69, 9.17) is 23.2 Å². The van der Waals surface area contributed by atoms with E-state index in [1.807, 2.05) is 19.1 Å². The average Bonchev–Trinajstić information content (AvgIpc) is 2.43. The van der Waals surface area contributed by atoms with Gasteiger partial charge in [-0.25, -0.2) is 0 Å². The van der Waals surface area contributed by atoms with Crippen LogP contribution in [0.15, 0.2) is 18.2 Å². The molecule has 13 heavy (non-hydrogen) atoms. The highest BCUT2D eigenvalue weighted by molar-refractivity contribution is 7.19.